The van der Waals surface area contributed by atoms with Crippen LogP contribution in [0.2, 0.25) is 0 Å². The molecule has 2 N–H and O–H groups in total. The smallest absolute Gasteiger partial charge is 0.228 e. The van der Waals surface area contributed by atoms with Gasteiger partial charge in [0.1, 0.15) is 5.69 Å². The van der Waals surface area contributed by atoms with Crippen LogP contribution in [-0.2, 0) is 4.79 Å². The molecule has 2 aromatic rings. The number of carbonyl (C=O) groups excluding carboxylic acids is 1. The molecule has 0 bridgehead atoms. The maximum absolute atomic E-state index is 14.3. The second kappa shape index (κ2) is 6.77. The molecule has 2 fully saturated rings. The van der Waals surface area contributed by atoms with E-state index in [9.17, 15) is 9.18 Å². The van der Waals surface area contributed by atoms with Crippen molar-refractivity contribution in [3.8, 4) is 5.69 Å². The van der Waals surface area contributed by atoms with Crippen LogP contribution in [0.15, 0.2) is 30.6 Å². The number of amides is 1. The highest BCUT2D eigenvalue weighted by Crippen LogP contribution is 2.58. The number of nitrogens with one attached hydrogen (secondary N) is 2. The molecular weight excluding hydrogens is 343 g/mol. The van der Waals surface area contributed by atoms with E-state index in [-0.39, 0.29) is 29.6 Å². The third-order valence-corrected chi connectivity index (χ3v) is 5.28. The zero-order valence-corrected chi connectivity index (χ0v) is 14.9. The summed E-state index contributed by atoms with van der Waals surface area (Å²) in [6.45, 7) is 3.87. The number of rotatable bonds is 3. The summed E-state index contributed by atoms with van der Waals surface area (Å²) in [5, 5.41) is 10.3. The molecule has 1 aliphatic heterocycles. The monoisotopic (exact) mass is 364 g/mol. The van der Waals surface area contributed by atoms with Gasteiger partial charge in [0, 0.05) is 17.8 Å². The SMILES string of the molecule is Cc1cnn(-c2ccc(NC(=O)C3CC34CCNCC4)cc2F)c1.Cl. The fourth-order valence-corrected chi connectivity index (χ4v) is 3.74. The average molecular weight is 365 g/mol. The Hall–Kier alpha value is -1.92. The minimum Gasteiger partial charge on any atom is -0.326 e. The van der Waals surface area contributed by atoms with E-state index in [2.05, 4.69) is 15.7 Å². The van der Waals surface area contributed by atoms with Gasteiger partial charge in [-0.05, 0) is 68.5 Å². The second-order valence-corrected chi connectivity index (χ2v) is 6.99. The summed E-state index contributed by atoms with van der Waals surface area (Å²) in [4.78, 5) is 12.4. The van der Waals surface area contributed by atoms with Crippen LogP contribution < -0.4 is 10.6 Å². The maximum atomic E-state index is 14.3. The van der Waals surface area contributed by atoms with Gasteiger partial charge < -0.3 is 10.6 Å². The molecule has 134 valence electrons. The summed E-state index contributed by atoms with van der Waals surface area (Å²) in [5.41, 5.74) is 2.02. The van der Waals surface area contributed by atoms with Crippen LogP contribution in [0.5, 0.6) is 0 Å². The van der Waals surface area contributed by atoms with Crippen molar-refractivity contribution in [3.63, 3.8) is 0 Å². The van der Waals surface area contributed by atoms with E-state index in [0.717, 1.165) is 37.9 Å². The topological polar surface area (TPSA) is 59.0 Å². The first-order valence-corrected chi connectivity index (χ1v) is 8.40. The minimum absolute atomic E-state index is 0. The molecule has 1 saturated heterocycles. The lowest BCUT2D eigenvalue weighted by atomic mass is 9.92. The van der Waals surface area contributed by atoms with Crippen LogP contribution in [0.1, 0.15) is 24.8 Å². The standard InChI is InChI=1S/C18H21FN4O.ClH/c1-12-10-21-23(11-12)16-3-2-13(8-15(16)19)22-17(24)14-9-18(14)4-6-20-7-5-18;/h2-3,8,10-11,14,20H,4-7,9H2,1H3,(H,22,24);1H. The first-order chi connectivity index (χ1) is 11.6. The quantitative estimate of drug-likeness (QED) is 0.880. The molecule has 1 spiro atoms. The van der Waals surface area contributed by atoms with Crippen LogP contribution in [0.4, 0.5) is 10.1 Å². The van der Waals surface area contributed by atoms with Gasteiger partial charge in [0.15, 0.2) is 5.82 Å². The molecule has 1 aliphatic carbocycles. The number of aromatic nitrogens is 2. The molecule has 2 heterocycles. The molecule has 25 heavy (non-hydrogen) atoms. The summed E-state index contributed by atoms with van der Waals surface area (Å²) in [6.07, 6.45) is 6.50. The van der Waals surface area contributed by atoms with Gasteiger partial charge in [-0.1, -0.05) is 0 Å². The number of anilines is 1. The van der Waals surface area contributed by atoms with Gasteiger partial charge in [-0.3, -0.25) is 4.79 Å². The van der Waals surface area contributed by atoms with Gasteiger partial charge in [0.25, 0.3) is 0 Å². The molecule has 1 aromatic heterocycles. The van der Waals surface area contributed by atoms with Crippen molar-refractivity contribution < 1.29 is 9.18 Å². The number of benzene rings is 1. The highest BCUT2D eigenvalue weighted by molar-refractivity contribution is 5.95. The number of nitrogens with zero attached hydrogens (tertiary/aromatic N) is 2. The number of hydrogen-bond donors (Lipinski definition) is 2. The van der Waals surface area contributed by atoms with Crippen molar-refractivity contribution in [2.75, 3.05) is 18.4 Å². The summed E-state index contributed by atoms with van der Waals surface area (Å²) in [6, 6.07) is 4.73. The van der Waals surface area contributed by atoms with Gasteiger partial charge in [0.05, 0.1) is 6.20 Å². The molecule has 1 atom stereocenters. The lowest BCUT2D eigenvalue weighted by Gasteiger charge is -2.23. The Morgan fingerprint density at radius 1 is 1.40 bits per heavy atom. The molecular formula is C18H22ClFN4O. The van der Waals surface area contributed by atoms with E-state index >= 15 is 0 Å². The maximum Gasteiger partial charge on any atom is 0.228 e. The fourth-order valence-electron chi connectivity index (χ4n) is 3.74. The predicted octanol–water partition coefficient (Wildman–Crippen LogP) is 3.07. The number of piperidine rings is 1. The average Bonchev–Trinajstić information content (AvgIpc) is 3.07. The fraction of sp³-hybridized carbons (Fsp3) is 0.444. The van der Waals surface area contributed by atoms with Crippen molar-refractivity contribution in [1.29, 1.82) is 0 Å². The Kier molecular flexibility index (Phi) is 4.84. The van der Waals surface area contributed by atoms with Crippen molar-refractivity contribution in [2.24, 2.45) is 11.3 Å². The lowest BCUT2D eigenvalue weighted by Crippen LogP contribution is -2.31. The van der Waals surface area contributed by atoms with E-state index in [1.54, 1.807) is 24.5 Å². The normalized spacial score (nSPS) is 20.8. The first kappa shape index (κ1) is 17.9. The van der Waals surface area contributed by atoms with Gasteiger partial charge in [0.2, 0.25) is 5.91 Å². The van der Waals surface area contributed by atoms with E-state index in [4.69, 9.17) is 0 Å². The lowest BCUT2D eigenvalue weighted by molar-refractivity contribution is -0.118. The third-order valence-electron chi connectivity index (χ3n) is 5.28. The van der Waals surface area contributed by atoms with E-state index < -0.39 is 5.82 Å². The van der Waals surface area contributed by atoms with Gasteiger partial charge in [-0.2, -0.15) is 5.10 Å². The van der Waals surface area contributed by atoms with Crippen LogP contribution in [0, 0.1) is 24.1 Å². The van der Waals surface area contributed by atoms with Crippen molar-refractivity contribution in [3.05, 3.63) is 42.0 Å². The molecule has 1 aromatic carbocycles. The second-order valence-electron chi connectivity index (χ2n) is 6.99. The van der Waals surface area contributed by atoms with Crippen molar-refractivity contribution in [2.45, 2.75) is 26.2 Å². The number of hydrogen-bond acceptors (Lipinski definition) is 3. The first-order valence-electron chi connectivity index (χ1n) is 8.40. The Labute approximate surface area is 152 Å². The zero-order chi connectivity index (χ0) is 16.7. The zero-order valence-electron chi connectivity index (χ0n) is 14.1. The third kappa shape index (κ3) is 3.41. The Bertz CT molecular complexity index is 785. The minimum atomic E-state index is -0.400. The van der Waals surface area contributed by atoms with Crippen LogP contribution in [0.25, 0.3) is 5.69 Å². The molecule has 1 saturated carbocycles. The van der Waals surface area contributed by atoms with E-state index in [1.807, 2.05) is 6.92 Å². The summed E-state index contributed by atoms with van der Waals surface area (Å²) in [7, 11) is 0. The molecule has 1 unspecified atom stereocenters. The number of aryl methyl sites for hydroxylation is 1. The van der Waals surface area contributed by atoms with Crippen molar-refractivity contribution in [1.82, 2.24) is 15.1 Å². The molecule has 2 aliphatic rings. The van der Waals surface area contributed by atoms with E-state index in [1.165, 1.54) is 10.7 Å². The molecule has 0 radical (unpaired) electrons. The molecule has 1 amide bonds. The highest BCUT2D eigenvalue weighted by atomic mass is 35.5. The molecule has 4 rings (SSSR count). The van der Waals surface area contributed by atoms with Crippen LogP contribution in [0.3, 0.4) is 0 Å². The van der Waals surface area contributed by atoms with E-state index in [0.29, 0.717) is 11.4 Å². The Morgan fingerprint density at radius 3 is 2.80 bits per heavy atom. The number of carbonyl (C=O) groups is 1. The predicted molar refractivity (Wildman–Crippen MR) is 96.8 cm³/mol. The summed E-state index contributed by atoms with van der Waals surface area (Å²) >= 11 is 0. The molecule has 5 nitrogen and oxygen atoms in total. The largest absolute Gasteiger partial charge is 0.326 e. The van der Waals surface area contributed by atoms with Crippen LogP contribution >= 0.6 is 12.4 Å². The highest BCUT2D eigenvalue weighted by Gasteiger charge is 2.57. The van der Waals surface area contributed by atoms with Crippen molar-refractivity contribution >= 4 is 24.0 Å². The van der Waals surface area contributed by atoms with Crippen LogP contribution in [-0.4, -0.2) is 28.8 Å². The Balaban J connectivity index is 0.00000182. The van der Waals surface area contributed by atoms with Gasteiger partial charge in [-0.25, -0.2) is 9.07 Å². The summed E-state index contributed by atoms with van der Waals surface area (Å²) in [5.74, 6) is -0.321. The summed E-state index contributed by atoms with van der Waals surface area (Å²) < 4.78 is 15.8. The number of halogens is 2. The Morgan fingerprint density at radius 2 is 2.16 bits per heavy atom. The van der Waals surface area contributed by atoms with Gasteiger partial charge >= 0.3 is 0 Å². The van der Waals surface area contributed by atoms with Gasteiger partial charge in [-0.15, -0.1) is 12.4 Å². The molecule has 7 heteroatoms.